The molecule has 0 fully saturated rings. The summed E-state index contributed by atoms with van der Waals surface area (Å²) in [6.07, 6.45) is 37.9. The van der Waals surface area contributed by atoms with Gasteiger partial charge in [0.15, 0.2) is 6.10 Å². The number of nitrogens with zero attached hydrogens (tertiary/aromatic N) is 1. The molecule has 2 atom stereocenters. The molecule has 0 spiro atoms. The highest BCUT2D eigenvalue weighted by Crippen LogP contribution is 2.43. The van der Waals surface area contributed by atoms with Gasteiger partial charge < -0.3 is 18.9 Å². The lowest BCUT2D eigenvalue weighted by Gasteiger charge is -2.24. The van der Waals surface area contributed by atoms with E-state index in [4.69, 9.17) is 18.5 Å². The van der Waals surface area contributed by atoms with Gasteiger partial charge in [0.25, 0.3) is 0 Å². The first-order valence-corrected chi connectivity index (χ1v) is 23.1. The van der Waals surface area contributed by atoms with Gasteiger partial charge in [-0.25, -0.2) is 4.57 Å². The summed E-state index contributed by atoms with van der Waals surface area (Å²) < 4.78 is 34.2. The van der Waals surface area contributed by atoms with Crippen LogP contribution in [0.3, 0.4) is 0 Å². The van der Waals surface area contributed by atoms with E-state index in [0.717, 1.165) is 70.6 Å². The molecule has 0 saturated carbocycles. The van der Waals surface area contributed by atoms with Crippen LogP contribution in [-0.4, -0.2) is 74.9 Å². The number of carbonyl (C=O) groups is 2. The van der Waals surface area contributed by atoms with Gasteiger partial charge in [-0.05, 0) is 64.2 Å². The number of quaternary nitrogens is 1. The number of hydrogen-bond donors (Lipinski definition) is 1. The van der Waals surface area contributed by atoms with Gasteiger partial charge in [-0.3, -0.25) is 18.6 Å². The van der Waals surface area contributed by atoms with Crippen LogP contribution in [0.5, 0.6) is 0 Å². The van der Waals surface area contributed by atoms with E-state index >= 15 is 0 Å². The molecule has 0 aromatic rings. The molecule has 0 heterocycles. The van der Waals surface area contributed by atoms with Crippen LogP contribution in [0.1, 0.15) is 187 Å². The first kappa shape index (κ1) is 51.5. The number of unbranched alkanes of at least 4 members (excludes halogenated alkanes) is 21. The molecule has 0 aliphatic rings. The van der Waals surface area contributed by atoms with Crippen LogP contribution in [-0.2, 0) is 32.7 Å². The van der Waals surface area contributed by atoms with Gasteiger partial charge in [-0.15, -0.1) is 0 Å². The van der Waals surface area contributed by atoms with Crippen LogP contribution < -0.4 is 0 Å². The number of esters is 2. The van der Waals surface area contributed by atoms with Gasteiger partial charge >= 0.3 is 19.8 Å². The van der Waals surface area contributed by atoms with Gasteiger partial charge in [0.2, 0.25) is 0 Å². The van der Waals surface area contributed by atoms with Crippen molar-refractivity contribution in [1.29, 1.82) is 0 Å². The Kier molecular flexibility index (Phi) is 35.1. The monoisotopic (exact) mass is 773 g/mol. The molecule has 0 aromatic carbocycles. The Hall–Kier alpha value is -1.51. The summed E-state index contributed by atoms with van der Waals surface area (Å²) in [7, 11) is 1.47. The Morgan fingerprint density at radius 1 is 0.566 bits per heavy atom. The number of phosphoric ester groups is 1. The van der Waals surface area contributed by atoms with Crippen LogP contribution in [0.4, 0.5) is 0 Å². The Morgan fingerprint density at radius 2 is 0.962 bits per heavy atom. The van der Waals surface area contributed by atoms with Crippen molar-refractivity contribution in [2.24, 2.45) is 0 Å². The molecular weight excluding hydrogens is 689 g/mol. The quantitative estimate of drug-likeness (QED) is 0.0216. The summed E-state index contributed by atoms with van der Waals surface area (Å²) in [6.45, 7) is 4.39. The van der Waals surface area contributed by atoms with Crippen molar-refractivity contribution < 1.29 is 42.1 Å². The smallest absolute Gasteiger partial charge is 0.462 e. The summed E-state index contributed by atoms with van der Waals surface area (Å²) in [5, 5.41) is 0. The minimum atomic E-state index is -4.37. The molecule has 1 N–H and O–H groups in total. The second-order valence-corrected chi connectivity index (χ2v) is 17.2. The van der Waals surface area contributed by atoms with E-state index in [9.17, 15) is 19.0 Å². The molecule has 53 heavy (non-hydrogen) atoms. The zero-order valence-electron chi connectivity index (χ0n) is 35.0. The summed E-state index contributed by atoms with van der Waals surface area (Å²) in [5.41, 5.74) is 0. The number of ether oxygens (including phenoxy) is 2. The lowest BCUT2D eigenvalue weighted by molar-refractivity contribution is -0.870. The first-order chi connectivity index (χ1) is 25.5. The van der Waals surface area contributed by atoms with Crippen molar-refractivity contribution in [2.45, 2.75) is 193 Å². The van der Waals surface area contributed by atoms with E-state index in [-0.39, 0.29) is 32.0 Å². The van der Waals surface area contributed by atoms with Crippen molar-refractivity contribution >= 4 is 19.8 Å². The molecule has 0 radical (unpaired) electrons. The highest BCUT2D eigenvalue weighted by atomic mass is 31.2. The third kappa shape index (κ3) is 40.0. The predicted octanol–water partition coefficient (Wildman–Crippen LogP) is 12.0. The van der Waals surface area contributed by atoms with Gasteiger partial charge in [0.05, 0.1) is 27.7 Å². The Labute approximate surface area is 326 Å². The molecule has 0 aromatic heterocycles. The van der Waals surface area contributed by atoms with Gasteiger partial charge in [0.1, 0.15) is 19.8 Å². The summed E-state index contributed by atoms with van der Waals surface area (Å²) in [5.74, 6) is -0.815. The average molecular weight is 773 g/mol. The highest BCUT2D eigenvalue weighted by Gasteiger charge is 2.27. The minimum Gasteiger partial charge on any atom is -0.462 e. The predicted molar refractivity (Wildman–Crippen MR) is 220 cm³/mol. The number of phosphoric acid groups is 1. The maximum Gasteiger partial charge on any atom is 0.472 e. The van der Waals surface area contributed by atoms with E-state index in [2.05, 4.69) is 38.2 Å². The first-order valence-electron chi connectivity index (χ1n) is 21.6. The molecule has 312 valence electrons. The van der Waals surface area contributed by atoms with Gasteiger partial charge in [-0.1, -0.05) is 134 Å². The Morgan fingerprint density at radius 3 is 1.40 bits per heavy atom. The maximum atomic E-state index is 12.7. The number of carbonyl (C=O) groups excluding carboxylic acids is 2. The maximum absolute atomic E-state index is 12.7. The number of hydrogen-bond acceptors (Lipinski definition) is 7. The zero-order valence-corrected chi connectivity index (χ0v) is 35.9. The second-order valence-electron chi connectivity index (χ2n) is 15.7. The van der Waals surface area contributed by atoms with Gasteiger partial charge in [0, 0.05) is 12.8 Å². The van der Waals surface area contributed by atoms with E-state index in [0.29, 0.717) is 17.4 Å². The third-order valence-corrected chi connectivity index (χ3v) is 10.2. The SMILES string of the molecule is CCCCCCC/C=C/CCCCCCCC(=O)O[C@H](COC(=O)CCCCCCC/C=C/CCCCCCCC)COP(=O)(O)OCC[N+](C)(C)C. The number of rotatable bonds is 39. The van der Waals surface area contributed by atoms with Crippen molar-refractivity contribution in [1.82, 2.24) is 0 Å². The lowest BCUT2D eigenvalue weighted by Crippen LogP contribution is -2.37. The van der Waals surface area contributed by atoms with E-state index in [1.54, 1.807) is 0 Å². The highest BCUT2D eigenvalue weighted by molar-refractivity contribution is 7.47. The molecule has 0 saturated heterocycles. The minimum absolute atomic E-state index is 0.0298. The normalized spacial score (nSPS) is 13.8. The molecule has 1 unspecified atom stereocenters. The van der Waals surface area contributed by atoms with E-state index in [1.165, 1.54) is 83.5 Å². The van der Waals surface area contributed by atoms with Crippen molar-refractivity contribution in [3.8, 4) is 0 Å². The molecular formula is C43H83NO8P+. The van der Waals surface area contributed by atoms with Crippen LogP contribution >= 0.6 is 7.82 Å². The lowest BCUT2D eigenvalue weighted by atomic mass is 10.1. The Bertz CT molecular complexity index is 964. The fourth-order valence-corrected chi connectivity index (χ4v) is 6.51. The average Bonchev–Trinajstić information content (AvgIpc) is 3.10. The largest absolute Gasteiger partial charge is 0.472 e. The van der Waals surface area contributed by atoms with Gasteiger partial charge in [-0.2, -0.15) is 0 Å². The molecule has 0 aliphatic carbocycles. The third-order valence-electron chi connectivity index (χ3n) is 9.20. The zero-order chi connectivity index (χ0) is 39.3. The fraction of sp³-hybridized carbons (Fsp3) is 0.860. The Balaban J connectivity index is 4.39. The van der Waals surface area contributed by atoms with Crippen molar-refractivity contribution in [3.63, 3.8) is 0 Å². The number of likely N-dealkylation sites (N-methyl/N-ethyl adjacent to an activating group) is 1. The van der Waals surface area contributed by atoms with Crippen molar-refractivity contribution in [2.75, 3.05) is 47.5 Å². The van der Waals surface area contributed by atoms with Crippen LogP contribution in [0.2, 0.25) is 0 Å². The molecule has 10 heteroatoms. The van der Waals surface area contributed by atoms with Crippen molar-refractivity contribution in [3.05, 3.63) is 24.3 Å². The van der Waals surface area contributed by atoms with E-state index in [1.807, 2.05) is 21.1 Å². The number of allylic oxidation sites excluding steroid dienone is 4. The molecule has 9 nitrogen and oxygen atoms in total. The summed E-state index contributed by atoms with van der Waals surface area (Å²) in [4.78, 5) is 35.3. The fourth-order valence-electron chi connectivity index (χ4n) is 5.77. The second kappa shape index (κ2) is 36.1. The molecule has 0 aliphatic heterocycles. The molecule has 0 bridgehead atoms. The standard InChI is InChI=1S/C43H82NO8P/c1-6-8-10-12-14-16-18-20-22-24-25-27-29-31-33-35-42(45)49-39-41(40-51-53(47,48)50-38-37-44(3,4)5)52-43(46)36-34-32-30-28-26-23-21-19-17-15-13-11-9-7-2/h19-22,41H,6-18,23-40H2,1-5H3/p+1/b21-19+,22-20+/t41-/m1/s1. The van der Waals surface area contributed by atoms with Crippen LogP contribution in [0.25, 0.3) is 0 Å². The summed E-state index contributed by atoms with van der Waals surface area (Å²) >= 11 is 0. The summed E-state index contributed by atoms with van der Waals surface area (Å²) in [6, 6.07) is 0. The van der Waals surface area contributed by atoms with Crippen LogP contribution in [0, 0.1) is 0 Å². The topological polar surface area (TPSA) is 108 Å². The molecule has 0 rings (SSSR count). The van der Waals surface area contributed by atoms with E-state index < -0.39 is 26.5 Å². The van der Waals surface area contributed by atoms with Crippen LogP contribution in [0.15, 0.2) is 24.3 Å². The molecule has 0 amide bonds.